The quantitative estimate of drug-likeness (QED) is 0.897. The minimum Gasteiger partial charge on any atom is -0.347 e. The van der Waals surface area contributed by atoms with Gasteiger partial charge in [0.25, 0.3) is 5.91 Å². The molecule has 1 heterocycles. The number of quaternary nitrogens is 1. The maximum absolute atomic E-state index is 13.3. The van der Waals surface area contributed by atoms with Crippen molar-refractivity contribution in [3.8, 4) is 0 Å². The molecule has 0 radical (unpaired) electrons. The molecule has 6 heteroatoms. The van der Waals surface area contributed by atoms with Gasteiger partial charge in [0.15, 0.2) is 6.04 Å². The van der Waals surface area contributed by atoms with E-state index < -0.39 is 12.2 Å². The van der Waals surface area contributed by atoms with Gasteiger partial charge in [0.1, 0.15) is 6.17 Å². The van der Waals surface area contributed by atoms with Gasteiger partial charge in [-0.2, -0.15) is 0 Å². The Balaban J connectivity index is 2.05. The van der Waals surface area contributed by atoms with E-state index >= 15 is 0 Å². The first-order valence-electron chi connectivity index (χ1n) is 7.91. The molecule has 1 aromatic rings. The SMILES string of the molecule is CC(=O)N(C)c1ccc([C@H](C)[C@H]([NH3+])C(=O)N2CC[C@H](F)C2)cc1. The molecule has 5 nitrogen and oxygen atoms in total. The van der Waals surface area contributed by atoms with Crippen LogP contribution in [0.3, 0.4) is 0 Å². The molecule has 2 amide bonds. The van der Waals surface area contributed by atoms with Crippen molar-refractivity contribution in [2.75, 3.05) is 25.0 Å². The van der Waals surface area contributed by atoms with Crippen LogP contribution >= 0.6 is 0 Å². The van der Waals surface area contributed by atoms with Crippen molar-refractivity contribution in [3.05, 3.63) is 29.8 Å². The van der Waals surface area contributed by atoms with Gasteiger partial charge in [-0.1, -0.05) is 19.1 Å². The first kappa shape index (κ1) is 17.4. The van der Waals surface area contributed by atoms with E-state index in [1.807, 2.05) is 31.2 Å². The zero-order valence-electron chi connectivity index (χ0n) is 14.0. The van der Waals surface area contributed by atoms with Gasteiger partial charge in [0.05, 0.1) is 6.54 Å². The number of anilines is 1. The molecule has 0 aliphatic carbocycles. The first-order chi connectivity index (χ1) is 10.8. The average molecular weight is 322 g/mol. The second kappa shape index (κ2) is 7.08. The number of alkyl halides is 1. The van der Waals surface area contributed by atoms with Gasteiger partial charge in [-0.25, -0.2) is 4.39 Å². The van der Waals surface area contributed by atoms with Crippen molar-refractivity contribution in [2.45, 2.75) is 38.4 Å². The van der Waals surface area contributed by atoms with Crippen LogP contribution in [0.1, 0.15) is 31.7 Å². The van der Waals surface area contributed by atoms with E-state index in [1.165, 1.54) is 6.92 Å². The lowest BCUT2D eigenvalue weighted by atomic mass is 9.92. The number of benzene rings is 1. The van der Waals surface area contributed by atoms with Crippen molar-refractivity contribution in [3.63, 3.8) is 0 Å². The molecule has 23 heavy (non-hydrogen) atoms. The average Bonchev–Trinajstić information content (AvgIpc) is 2.98. The lowest BCUT2D eigenvalue weighted by Gasteiger charge is -2.23. The Morgan fingerprint density at radius 3 is 2.43 bits per heavy atom. The first-order valence-corrected chi connectivity index (χ1v) is 7.91. The molecule has 1 aromatic carbocycles. The molecule has 1 saturated heterocycles. The van der Waals surface area contributed by atoms with Crippen LogP contribution in [-0.4, -0.2) is 49.1 Å². The molecule has 0 bridgehead atoms. The van der Waals surface area contributed by atoms with Crippen LogP contribution in [0.15, 0.2) is 24.3 Å². The number of carbonyl (C=O) groups is 2. The van der Waals surface area contributed by atoms with E-state index in [0.29, 0.717) is 13.0 Å². The summed E-state index contributed by atoms with van der Waals surface area (Å²) in [5.41, 5.74) is 5.78. The van der Waals surface area contributed by atoms with E-state index in [2.05, 4.69) is 5.73 Å². The van der Waals surface area contributed by atoms with Crippen molar-refractivity contribution >= 4 is 17.5 Å². The fourth-order valence-electron chi connectivity index (χ4n) is 2.78. The monoisotopic (exact) mass is 322 g/mol. The minimum atomic E-state index is -0.914. The Morgan fingerprint density at radius 1 is 1.35 bits per heavy atom. The summed E-state index contributed by atoms with van der Waals surface area (Å²) in [5, 5.41) is 0. The normalized spacial score (nSPS) is 20.2. The van der Waals surface area contributed by atoms with Gasteiger partial charge >= 0.3 is 0 Å². The predicted molar refractivity (Wildman–Crippen MR) is 86.7 cm³/mol. The van der Waals surface area contributed by atoms with E-state index in [4.69, 9.17) is 0 Å². The maximum atomic E-state index is 13.3. The Kier molecular flexibility index (Phi) is 5.36. The van der Waals surface area contributed by atoms with Crippen LogP contribution in [0.25, 0.3) is 0 Å². The topological polar surface area (TPSA) is 68.3 Å². The Hall–Kier alpha value is -1.95. The lowest BCUT2D eigenvalue weighted by molar-refractivity contribution is -0.410. The zero-order chi connectivity index (χ0) is 17.1. The molecule has 1 aliphatic rings. The lowest BCUT2D eigenvalue weighted by Crippen LogP contribution is -2.69. The van der Waals surface area contributed by atoms with Crippen LogP contribution in [-0.2, 0) is 9.59 Å². The standard InChI is InChI=1S/C17H24FN3O2/c1-11(16(19)17(23)21-9-8-14(18)10-21)13-4-6-15(7-5-13)20(3)12(2)22/h4-7,11,14,16H,8-10,19H2,1-3H3/p+1/t11-,14-,16-/m0/s1. The Labute approximate surface area is 136 Å². The van der Waals surface area contributed by atoms with Crippen molar-refractivity contribution in [1.29, 1.82) is 0 Å². The summed E-state index contributed by atoms with van der Waals surface area (Å²) in [6.45, 7) is 4.11. The fourth-order valence-corrected chi connectivity index (χ4v) is 2.78. The van der Waals surface area contributed by atoms with Gasteiger partial charge in [-0.05, 0) is 24.1 Å². The van der Waals surface area contributed by atoms with Crippen LogP contribution in [0.5, 0.6) is 0 Å². The summed E-state index contributed by atoms with van der Waals surface area (Å²) in [6.07, 6.45) is -0.498. The predicted octanol–water partition coefficient (Wildman–Crippen LogP) is 0.954. The number of halogens is 1. The smallest absolute Gasteiger partial charge is 0.281 e. The summed E-state index contributed by atoms with van der Waals surface area (Å²) in [7, 11) is 1.72. The second-order valence-corrected chi connectivity index (χ2v) is 6.23. The highest BCUT2D eigenvalue weighted by atomic mass is 19.1. The summed E-state index contributed by atoms with van der Waals surface area (Å²) in [4.78, 5) is 26.9. The molecular weight excluding hydrogens is 297 g/mol. The van der Waals surface area contributed by atoms with E-state index in [-0.39, 0.29) is 24.3 Å². The largest absolute Gasteiger partial charge is 0.347 e. The summed E-state index contributed by atoms with van der Waals surface area (Å²) in [6, 6.07) is 7.09. The van der Waals surface area contributed by atoms with Gasteiger partial charge in [-0.3, -0.25) is 9.59 Å². The molecule has 126 valence electrons. The third kappa shape index (κ3) is 3.88. The highest BCUT2D eigenvalue weighted by Crippen LogP contribution is 2.23. The highest BCUT2D eigenvalue weighted by molar-refractivity contribution is 5.90. The maximum Gasteiger partial charge on any atom is 0.281 e. The molecule has 1 aliphatic heterocycles. The zero-order valence-corrected chi connectivity index (χ0v) is 14.0. The van der Waals surface area contributed by atoms with E-state index in [1.54, 1.807) is 16.8 Å². The van der Waals surface area contributed by atoms with Crippen LogP contribution < -0.4 is 10.6 Å². The third-order valence-corrected chi connectivity index (χ3v) is 4.64. The summed E-state index contributed by atoms with van der Waals surface area (Å²) in [5.74, 6) is -0.203. The highest BCUT2D eigenvalue weighted by Gasteiger charge is 2.34. The molecule has 0 aromatic heterocycles. The second-order valence-electron chi connectivity index (χ2n) is 6.23. The summed E-state index contributed by atoms with van der Waals surface area (Å²) < 4.78 is 13.3. The number of amides is 2. The Bertz CT molecular complexity index is 576. The van der Waals surface area contributed by atoms with Gasteiger partial charge in [-0.15, -0.1) is 0 Å². The molecule has 0 saturated carbocycles. The number of rotatable bonds is 4. The molecular formula is C17H25FN3O2+. The van der Waals surface area contributed by atoms with E-state index in [0.717, 1.165) is 11.3 Å². The van der Waals surface area contributed by atoms with Gasteiger partial charge < -0.3 is 15.5 Å². The number of nitrogens with zero attached hydrogens (tertiary/aromatic N) is 2. The van der Waals surface area contributed by atoms with Gasteiger partial charge in [0, 0.05) is 32.1 Å². The fraction of sp³-hybridized carbons (Fsp3) is 0.529. The molecule has 1 fully saturated rings. The minimum absolute atomic E-state index is 0.0363. The van der Waals surface area contributed by atoms with Gasteiger partial charge in [0.2, 0.25) is 5.91 Å². The molecule has 0 spiro atoms. The number of hydrogen-bond donors (Lipinski definition) is 1. The Morgan fingerprint density at radius 2 is 1.96 bits per heavy atom. The van der Waals surface area contributed by atoms with Crippen LogP contribution in [0.4, 0.5) is 10.1 Å². The third-order valence-electron chi connectivity index (χ3n) is 4.64. The van der Waals surface area contributed by atoms with Crippen LogP contribution in [0.2, 0.25) is 0 Å². The van der Waals surface area contributed by atoms with Crippen LogP contribution in [0, 0.1) is 0 Å². The number of carbonyl (C=O) groups excluding carboxylic acids is 2. The van der Waals surface area contributed by atoms with Crippen molar-refractivity contribution in [1.82, 2.24) is 4.90 Å². The molecule has 3 N–H and O–H groups in total. The molecule has 0 unspecified atom stereocenters. The van der Waals surface area contributed by atoms with E-state index in [9.17, 15) is 14.0 Å². The summed E-state index contributed by atoms with van der Waals surface area (Å²) >= 11 is 0. The number of hydrogen-bond acceptors (Lipinski definition) is 2. The van der Waals surface area contributed by atoms with Crippen molar-refractivity contribution < 1.29 is 19.7 Å². The molecule has 3 atom stereocenters. The van der Waals surface area contributed by atoms with Crippen molar-refractivity contribution in [2.24, 2.45) is 0 Å². The number of likely N-dealkylation sites (tertiary alicyclic amines) is 1. The molecule has 2 rings (SSSR count).